The van der Waals surface area contributed by atoms with Gasteiger partial charge in [-0.1, -0.05) is 6.07 Å². The van der Waals surface area contributed by atoms with Crippen molar-refractivity contribution in [2.75, 3.05) is 38.8 Å². The van der Waals surface area contributed by atoms with Gasteiger partial charge in [-0.3, -0.25) is 4.79 Å². The number of methoxy groups -OCH3 is 2. The third-order valence-corrected chi connectivity index (χ3v) is 5.12. The summed E-state index contributed by atoms with van der Waals surface area (Å²) < 4.78 is 10.7. The second-order valence-electron chi connectivity index (χ2n) is 6.88. The zero-order valence-corrected chi connectivity index (χ0v) is 16.8. The highest BCUT2D eigenvalue weighted by Gasteiger charge is 2.30. The molecule has 0 aliphatic carbocycles. The summed E-state index contributed by atoms with van der Waals surface area (Å²) in [5.41, 5.74) is 1.02. The molecular weight excluding hydrogens is 356 g/mol. The number of nitrogens with zero attached hydrogens (tertiary/aromatic N) is 4. The molecule has 2 heterocycles. The van der Waals surface area contributed by atoms with Crippen molar-refractivity contribution < 1.29 is 14.3 Å². The van der Waals surface area contributed by atoms with E-state index in [2.05, 4.69) is 14.9 Å². The number of hydrogen-bond donors (Lipinski definition) is 0. The number of amides is 1. The molecule has 1 aliphatic rings. The molecule has 1 amide bonds. The van der Waals surface area contributed by atoms with Gasteiger partial charge in [-0.2, -0.15) is 0 Å². The summed E-state index contributed by atoms with van der Waals surface area (Å²) in [6, 6.07) is 7.58. The molecule has 150 valence electrons. The maximum Gasteiger partial charge on any atom is 0.227 e. The van der Waals surface area contributed by atoms with Crippen LogP contribution in [0, 0.1) is 5.92 Å². The lowest BCUT2D eigenvalue weighted by Gasteiger charge is -2.34. The summed E-state index contributed by atoms with van der Waals surface area (Å²) in [4.78, 5) is 25.9. The Kier molecular flexibility index (Phi) is 6.68. The van der Waals surface area contributed by atoms with Crippen molar-refractivity contribution in [1.29, 1.82) is 0 Å². The van der Waals surface area contributed by atoms with E-state index in [0.717, 1.165) is 24.9 Å². The molecule has 3 rings (SSSR count). The number of benzene rings is 1. The lowest BCUT2D eigenvalue weighted by atomic mass is 9.96. The van der Waals surface area contributed by atoms with Crippen molar-refractivity contribution in [1.82, 2.24) is 14.9 Å². The molecule has 1 atom stereocenters. The lowest BCUT2D eigenvalue weighted by molar-refractivity contribution is -0.136. The number of carbonyl (C=O) groups is 1. The van der Waals surface area contributed by atoms with Crippen LogP contribution in [0.3, 0.4) is 0 Å². The van der Waals surface area contributed by atoms with Crippen LogP contribution in [-0.4, -0.2) is 54.6 Å². The second kappa shape index (κ2) is 9.39. The van der Waals surface area contributed by atoms with Gasteiger partial charge in [0.05, 0.1) is 20.1 Å². The number of hydrogen-bond acceptors (Lipinski definition) is 6. The maximum absolute atomic E-state index is 13.2. The first-order valence-electron chi connectivity index (χ1n) is 9.68. The van der Waals surface area contributed by atoms with Gasteiger partial charge in [0.25, 0.3) is 0 Å². The molecule has 0 radical (unpaired) electrons. The Bertz CT molecular complexity index is 784. The van der Waals surface area contributed by atoms with Crippen LogP contribution in [-0.2, 0) is 11.3 Å². The number of piperidine rings is 1. The van der Waals surface area contributed by atoms with Crippen LogP contribution in [0.2, 0.25) is 0 Å². The minimum absolute atomic E-state index is 0.0438. The van der Waals surface area contributed by atoms with E-state index in [1.807, 2.05) is 30.0 Å². The first kappa shape index (κ1) is 19.9. The average Bonchev–Trinajstić information content (AvgIpc) is 2.77. The molecule has 1 aromatic carbocycles. The normalized spacial score (nSPS) is 16.5. The summed E-state index contributed by atoms with van der Waals surface area (Å²) in [5, 5.41) is 0. The third-order valence-electron chi connectivity index (χ3n) is 5.12. The summed E-state index contributed by atoms with van der Waals surface area (Å²) in [7, 11) is 3.23. The molecule has 7 nitrogen and oxygen atoms in total. The van der Waals surface area contributed by atoms with Gasteiger partial charge in [0.15, 0.2) is 11.5 Å². The van der Waals surface area contributed by atoms with Crippen molar-refractivity contribution >= 4 is 11.9 Å². The van der Waals surface area contributed by atoms with E-state index in [0.29, 0.717) is 37.1 Å². The van der Waals surface area contributed by atoms with Gasteiger partial charge in [0.1, 0.15) is 0 Å². The number of carbonyl (C=O) groups excluding carboxylic acids is 1. The molecule has 1 aromatic heterocycles. The van der Waals surface area contributed by atoms with E-state index < -0.39 is 0 Å². The highest BCUT2D eigenvalue weighted by molar-refractivity contribution is 5.79. The minimum atomic E-state index is -0.0438. The highest BCUT2D eigenvalue weighted by atomic mass is 16.5. The number of rotatable bonds is 7. The van der Waals surface area contributed by atoms with Crippen molar-refractivity contribution in [3.8, 4) is 11.5 Å². The molecule has 28 heavy (non-hydrogen) atoms. The first-order chi connectivity index (χ1) is 13.7. The zero-order chi connectivity index (χ0) is 19.9. The Balaban J connectivity index is 1.69. The quantitative estimate of drug-likeness (QED) is 0.731. The molecule has 1 unspecified atom stereocenters. The molecule has 1 aliphatic heterocycles. The predicted molar refractivity (Wildman–Crippen MR) is 108 cm³/mol. The van der Waals surface area contributed by atoms with Crippen molar-refractivity contribution in [3.05, 3.63) is 42.2 Å². The van der Waals surface area contributed by atoms with Gasteiger partial charge >= 0.3 is 0 Å². The minimum Gasteiger partial charge on any atom is -0.493 e. The van der Waals surface area contributed by atoms with E-state index in [4.69, 9.17) is 9.47 Å². The smallest absolute Gasteiger partial charge is 0.227 e. The van der Waals surface area contributed by atoms with Crippen LogP contribution >= 0.6 is 0 Å². The van der Waals surface area contributed by atoms with E-state index in [9.17, 15) is 4.79 Å². The van der Waals surface area contributed by atoms with Crippen LogP contribution in [0.1, 0.15) is 25.3 Å². The predicted octanol–water partition coefficient (Wildman–Crippen LogP) is 2.76. The summed E-state index contributed by atoms with van der Waals surface area (Å²) in [6.07, 6.45) is 5.33. The first-order valence-corrected chi connectivity index (χ1v) is 9.68. The van der Waals surface area contributed by atoms with Crippen LogP contribution in [0.25, 0.3) is 0 Å². The molecule has 1 fully saturated rings. The van der Waals surface area contributed by atoms with Gasteiger partial charge in [0, 0.05) is 38.6 Å². The second-order valence-corrected chi connectivity index (χ2v) is 6.88. The maximum atomic E-state index is 13.2. The van der Waals surface area contributed by atoms with Gasteiger partial charge in [0.2, 0.25) is 11.9 Å². The van der Waals surface area contributed by atoms with Crippen LogP contribution in [0.4, 0.5) is 5.95 Å². The Morgan fingerprint density at radius 2 is 1.96 bits per heavy atom. The fourth-order valence-electron chi connectivity index (χ4n) is 3.62. The van der Waals surface area contributed by atoms with Crippen molar-refractivity contribution in [2.24, 2.45) is 5.92 Å². The largest absolute Gasteiger partial charge is 0.493 e. The van der Waals surface area contributed by atoms with Gasteiger partial charge in [-0.15, -0.1) is 0 Å². The number of ether oxygens (including phenoxy) is 2. The molecule has 0 spiro atoms. The summed E-state index contributed by atoms with van der Waals surface area (Å²) in [6.45, 7) is 4.76. The van der Waals surface area contributed by atoms with E-state index in [-0.39, 0.29) is 11.8 Å². The Morgan fingerprint density at radius 1 is 1.21 bits per heavy atom. The SMILES string of the molecule is CCN(Cc1ccc(OC)c(OC)c1)C(=O)C1CCCN(c2ncccn2)C1. The zero-order valence-electron chi connectivity index (χ0n) is 16.8. The van der Waals surface area contributed by atoms with Gasteiger partial charge in [-0.25, -0.2) is 9.97 Å². The molecule has 7 heteroatoms. The Hall–Kier alpha value is -2.83. The number of aromatic nitrogens is 2. The fourth-order valence-corrected chi connectivity index (χ4v) is 3.62. The fraction of sp³-hybridized carbons (Fsp3) is 0.476. The third kappa shape index (κ3) is 4.52. The molecular formula is C21H28N4O3. The van der Waals surface area contributed by atoms with E-state index in [1.165, 1.54) is 0 Å². The molecule has 1 saturated heterocycles. The van der Waals surface area contributed by atoms with Crippen molar-refractivity contribution in [3.63, 3.8) is 0 Å². The number of anilines is 1. The molecule has 0 N–H and O–H groups in total. The Morgan fingerprint density at radius 3 is 2.64 bits per heavy atom. The molecule has 0 saturated carbocycles. The van der Waals surface area contributed by atoms with Gasteiger partial charge in [-0.05, 0) is 43.5 Å². The van der Waals surface area contributed by atoms with Crippen molar-refractivity contribution in [2.45, 2.75) is 26.3 Å². The standard InChI is InChI=1S/C21H28N4O3/c1-4-24(14-16-8-9-18(27-2)19(13-16)28-3)20(26)17-7-5-12-25(15-17)21-22-10-6-11-23-21/h6,8-11,13,17H,4-5,7,12,14-15H2,1-3H3. The average molecular weight is 384 g/mol. The Labute approximate surface area is 166 Å². The lowest BCUT2D eigenvalue weighted by Crippen LogP contribution is -2.45. The van der Waals surface area contributed by atoms with Crippen LogP contribution < -0.4 is 14.4 Å². The van der Waals surface area contributed by atoms with Gasteiger partial charge < -0.3 is 19.3 Å². The van der Waals surface area contributed by atoms with E-state index in [1.54, 1.807) is 32.7 Å². The van der Waals surface area contributed by atoms with Crippen LogP contribution in [0.15, 0.2) is 36.7 Å². The summed E-state index contributed by atoms with van der Waals surface area (Å²) >= 11 is 0. The summed E-state index contributed by atoms with van der Waals surface area (Å²) in [5.74, 6) is 2.19. The monoisotopic (exact) mass is 384 g/mol. The topological polar surface area (TPSA) is 67.8 Å². The molecule has 0 bridgehead atoms. The molecule has 2 aromatic rings. The highest BCUT2D eigenvalue weighted by Crippen LogP contribution is 2.29. The van der Waals surface area contributed by atoms with E-state index >= 15 is 0 Å². The van der Waals surface area contributed by atoms with Crippen LogP contribution in [0.5, 0.6) is 11.5 Å².